The lowest BCUT2D eigenvalue weighted by Crippen LogP contribution is -2.10. The molecule has 3 aromatic rings. The third-order valence-electron chi connectivity index (χ3n) is 4.16. The van der Waals surface area contributed by atoms with Crippen LogP contribution in [0.15, 0.2) is 66.7 Å². The maximum Gasteiger partial charge on any atom is 0.336 e. The molecule has 28 heavy (non-hydrogen) atoms. The predicted molar refractivity (Wildman–Crippen MR) is 104 cm³/mol. The summed E-state index contributed by atoms with van der Waals surface area (Å²) in [5.41, 5.74) is 1.48. The summed E-state index contributed by atoms with van der Waals surface area (Å²) >= 11 is 0. The van der Waals surface area contributed by atoms with Gasteiger partial charge in [-0.05, 0) is 42.8 Å². The number of rotatable bonds is 6. The van der Waals surface area contributed by atoms with E-state index in [1.165, 1.54) is 30.3 Å². The molecule has 3 rings (SSSR count). The Morgan fingerprint density at radius 2 is 1.68 bits per heavy atom. The number of nitrogens with zero attached hydrogens (tertiary/aromatic N) is 1. The van der Waals surface area contributed by atoms with Gasteiger partial charge in [0.05, 0.1) is 10.5 Å². The molecule has 140 valence electrons. The molecule has 0 saturated carbocycles. The minimum atomic E-state index is -1.24. The van der Waals surface area contributed by atoms with Crippen molar-refractivity contribution in [1.29, 1.82) is 0 Å². The molecule has 3 aromatic carbocycles. The Morgan fingerprint density at radius 1 is 0.964 bits per heavy atom. The molecule has 0 heterocycles. The SMILES string of the molecule is Cc1cccc(Nc2ccc(C(=O)c3ccccc3C(=O)O)cc2[N+](=O)[O-])c1. The molecule has 0 unspecified atom stereocenters. The minimum absolute atomic E-state index is 0.0244. The van der Waals surface area contributed by atoms with Crippen molar-refractivity contribution >= 4 is 28.8 Å². The fraction of sp³-hybridized carbons (Fsp3) is 0.0476. The fourth-order valence-corrected chi connectivity index (χ4v) is 2.83. The highest BCUT2D eigenvalue weighted by Gasteiger charge is 2.22. The Balaban J connectivity index is 2.01. The second-order valence-corrected chi connectivity index (χ2v) is 6.16. The average molecular weight is 376 g/mol. The van der Waals surface area contributed by atoms with Crippen LogP contribution in [0.3, 0.4) is 0 Å². The van der Waals surface area contributed by atoms with Gasteiger partial charge in [0.25, 0.3) is 5.69 Å². The van der Waals surface area contributed by atoms with Gasteiger partial charge in [0.15, 0.2) is 5.78 Å². The molecule has 0 fully saturated rings. The average Bonchev–Trinajstić information content (AvgIpc) is 2.67. The number of carbonyl (C=O) groups is 2. The van der Waals surface area contributed by atoms with Crippen LogP contribution in [0, 0.1) is 17.0 Å². The Morgan fingerprint density at radius 3 is 2.32 bits per heavy atom. The number of aryl methyl sites for hydroxylation is 1. The molecular formula is C21H16N2O5. The summed E-state index contributed by atoms with van der Waals surface area (Å²) in [6.45, 7) is 1.90. The number of carboxylic acids is 1. The van der Waals surface area contributed by atoms with Crippen LogP contribution in [0.4, 0.5) is 17.1 Å². The van der Waals surface area contributed by atoms with Crippen molar-refractivity contribution in [3.8, 4) is 0 Å². The number of ketones is 1. The van der Waals surface area contributed by atoms with E-state index in [4.69, 9.17) is 0 Å². The number of benzene rings is 3. The summed E-state index contributed by atoms with van der Waals surface area (Å²) in [5.74, 6) is -1.83. The summed E-state index contributed by atoms with van der Waals surface area (Å²) in [6, 6.07) is 17.1. The predicted octanol–water partition coefficient (Wildman–Crippen LogP) is 4.58. The topological polar surface area (TPSA) is 110 Å². The molecule has 0 aromatic heterocycles. The first kappa shape index (κ1) is 18.8. The summed E-state index contributed by atoms with van der Waals surface area (Å²) < 4.78 is 0. The van der Waals surface area contributed by atoms with Crippen molar-refractivity contribution in [2.75, 3.05) is 5.32 Å². The van der Waals surface area contributed by atoms with Crippen molar-refractivity contribution in [2.24, 2.45) is 0 Å². The molecule has 7 heteroatoms. The zero-order chi connectivity index (χ0) is 20.3. The molecule has 0 amide bonds. The van der Waals surface area contributed by atoms with Crippen LogP contribution in [0.5, 0.6) is 0 Å². The number of hydrogen-bond donors (Lipinski definition) is 2. The Labute approximate surface area is 160 Å². The van der Waals surface area contributed by atoms with E-state index in [0.29, 0.717) is 5.69 Å². The van der Waals surface area contributed by atoms with Crippen LogP contribution in [0.2, 0.25) is 0 Å². The quantitative estimate of drug-likeness (QED) is 0.370. The van der Waals surface area contributed by atoms with Gasteiger partial charge in [-0.2, -0.15) is 0 Å². The lowest BCUT2D eigenvalue weighted by atomic mass is 9.97. The standard InChI is InChI=1S/C21H16N2O5/c1-13-5-4-6-15(11-13)22-18-10-9-14(12-19(18)23(27)28)20(24)16-7-2-3-8-17(16)21(25)26/h2-12,22H,1H3,(H,25,26). The molecule has 0 atom stereocenters. The minimum Gasteiger partial charge on any atom is -0.478 e. The van der Waals surface area contributed by atoms with Gasteiger partial charge in [-0.3, -0.25) is 14.9 Å². The van der Waals surface area contributed by atoms with Crippen LogP contribution < -0.4 is 5.32 Å². The Bertz CT molecular complexity index is 1090. The van der Waals surface area contributed by atoms with E-state index in [2.05, 4.69) is 5.32 Å². The fourth-order valence-electron chi connectivity index (χ4n) is 2.83. The van der Waals surface area contributed by atoms with Crippen LogP contribution in [-0.4, -0.2) is 21.8 Å². The molecular weight excluding hydrogens is 360 g/mol. The number of hydrogen-bond acceptors (Lipinski definition) is 5. The monoisotopic (exact) mass is 376 g/mol. The first-order chi connectivity index (χ1) is 13.4. The lowest BCUT2D eigenvalue weighted by molar-refractivity contribution is -0.383. The van der Waals surface area contributed by atoms with Gasteiger partial charge in [0.1, 0.15) is 5.69 Å². The zero-order valence-electron chi connectivity index (χ0n) is 14.9. The van der Waals surface area contributed by atoms with E-state index in [1.54, 1.807) is 12.1 Å². The van der Waals surface area contributed by atoms with Gasteiger partial charge in [0.2, 0.25) is 0 Å². The maximum atomic E-state index is 12.8. The second kappa shape index (κ2) is 7.71. The zero-order valence-corrected chi connectivity index (χ0v) is 14.9. The van der Waals surface area contributed by atoms with Gasteiger partial charge in [0, 0.05) is 22.9 Å². The summed E-state index contributed by atoms with van der Waals surface area (Å²) in [4.78, 5) is 35.0. The highest BCUT2D eigenvalue weighted by Crippen LogP contribution is 2.30. The number of carbonyl (C=O) groups excluding carboxylic acids is 1. The third kappa shape index (κ3) is 3.88. The van der Waals surface area contributed by atoms with Crippen molar-refractivity contribution in [1.82, 2.24) is 0 Å². The molecule has 0 aliphatic heterocycles. The smallest absolute Gasteiger partial charge is 0.336 e. The Kier molecular flexibility index (Phi) is 5.17. The highest BCUT2D eigenvalue weighted by molar-refractivity contribution is 6.14. The van der Waals surface area contributed by atoms with E-state index in [-0.39, 0.29) is 28.1 Å². The number of nitrogens with one attached hydrogen (secondary N) is 1. The van der Waals surface area contributed by atoms with E-state index >= 15 is 0 Å². The maximum absolute atomic E-state index is 12.8. The van der Waals surface area contributed by atoms with Gasteiger partial charge in [-0.15, -0.1) is 0 Å². The van der Waals surface area contributed by atoms with Gasteiger partial charge in [-0.25, -0.2) is 4.79 Å². The lowest BCUT2D eigenvalue weighted by Gasteiger charge is -2.10. The van der Waals surface area contributed by atoms with Gasteiger partial charge < -0.3 is 10.4 Å². The van der Waals surface area contributed by atoms with E-state index in [0.717, 1.165) is 11.6 Å². The number of carboxylic acid groups (broad SMARTS) is 1. The third-order valence-corrected chi connectivity index (χ3v) is 4.16. The summed E-state index contributed by atoms with van der Waals surface area (Å²) in [5, 5.41) is 23.8. The normalized spacial score (nSPS) is 10.3. The molecule has 0 saturated heterocycles. The first-order valence-corrected chi connectivity index (χ1v) is 8.36. The van der Waals surface area contributed by atoms with E-state index in [1.807, 2.05) is 25.1 Å². The molecule has 0 aliphatic carbocycles. The van der Waals surface area contributed by atoms with Crippen LogP contribution >= 0.6 is 0 Å². The van der Waals surface area contributed by atoms with Crippen LogP contribution in [0.25, 0.3) is 0 Å². The van der Waals surface area contributed by atoms with E-state index < -0.39 is 16.7 Å². The largest absolute Gasteiger partial charge is 0.478 e. The molecule has 0 spiro atoms. The molecule has 0 aliphatic rings. The summed E-state index contributed by atoms with van der Waals surface area (Å²) in [6.07, 6.45) is 0. The molecule has 7 nitrogen and oxygen atoms in total. The van der Waals surface area contributed by atoms with Gasteiger partial charge in [-0.1, -0.05) is 30.3 Å². The molecule has 2 N–H and O–H groups in total. The number of aromatic carboxylic acids is 1. The molecule has 0 bridgehead atoms. The second-order valence-electron chi connectivity index (χ2n) is 6.16. The highest BCUT2D eigenvalue weighted by atomic mass is 16.6. The van der Waals surface area contributed by atoms with Gasteiger partial charge >= 0.3 is 5.97 Å². The Hall–Kier alpha value is -4.00. The first-order valence-electron chi connectivity index (χ1n) is 8.36. The van der Waals surface area contributed by atoms with Crippen LogP contribution in [-0.2, 0) is 0 Å². The van der Waals surface area contributed by atoms with Crippen molar-refractivity contribution in [2.45, 2.75) is 6.92 Å². The number of nitro groups is 1. The number of anilines is 2. The summed E-state index contributed by atoms with van der Waals surface area (Å²) in [7, 11) is 0. The van der Waals surface area contributed by atoms with Crippen molar-refractivity contribution < 1.29 is 19.6 Å². The molecule has 0 radical (unpaired) electrons. The van der Waals surface area contributed by atoms with Crippen molar-refractivity contribution in [3.05, 3.63) is 99.1 Å². The van der Waals surface area contributed by atoms with E-state index in [9.17, 15) is 24.8 Å². The number of nitro benzene ring substituents is 1. The van der Waals surface area contributed by atoms with Crippen molar-refractivity contribution in [3.63, 3.8) is 0 Å². The van der Waals surface area contributed by atoms with Crippen LogP contribution in [0.1, 0.15) is 31.8 Å².